The lowest BCUT2D eigenvalue weighted by atomic mass is 10.4. The van der Waals surface area contributed by atoms with Crippen LogP contribution in [0.4, 0.5) is 0 Å². The predicted octanol–water partition coefficient (Wildman–Crippen LogP) is 2.55. The second kappa shape index (κ2) is 4.78. The van der Waals surface area contributed by atoms with E-state index in [9.17, 15) is 0 Å². The van der Waals surface area contributed by atoms with Gasteiger partial charge in [0.1, 0.15) is 18.0 Å². The minimum Gasteiger partial charge on any atom is -0.196 e. The number of hydrogen-bond acceptors (Lipinski definition) is 1. The largest absolute Gasteiger partial charge is 0.196 e. The molecule has 82 valence electrons. The fourth-order valence-electron chi connectivity index (χ4n) is 1.90. The molecule has 0 atom stereocenters. The molecular formula is C14H17NP+. The summed E-state index contributed by atoms with van der Waals surface area (Å²) in [5, 5.41) is 2.56. The van der Waals surface area contributed by atoms with Crippen LogP contribution < -0.4 is 16.1 Å². The predicted molar refractivity (Wildman–Crippen MR) is 73.8 cm³/mol. The summed E-state index contributed by atoms with van der Waals surface area (Å²) in [6, 6.07) is 20.9. The van der Waals surface area contributed by atoms with E-state index in [0.717, 1.165) is 6.16 Å². The van der Waals surface area contributed by atoms with Crippen LogP contribution in [0.5, 0.6) is 0 Å². The molecule has 0 unspecified atom stereocenters. The zero-order chi connectivity index (χ0) is 11.4. The molecular weight excluding hydrogens is 213 g/mol. The van der Waals surface area contributed by atoms with Crippen LogP contribution in [0.1, 0.15) is 6.92 Å². The van der Waals surface area contributed by atoms with Gasteiger partial charge in [-0.15, -0.1) is 0 Å². The highest BCUT2D eigenvalue weighted by Crippen LogP contribution is 2.47. The fourth-order valence-corrected chi connectivity index (χ4v) is 4.34. The molecule has 0 bridgehead atoms. The van der Waals surface area contributed by atoms with Gasteiger partial charge in [0.2, 0.25) is 0 Å². The van der Waals surface area contributed by atoms with E-state index in [1.165, 1.54) is 10.6 Å². The molecule has 2 N–H and O–H groups in total. The minimum absolute atomic E-state index is 1.00. The Morgan fingerprint density at radius 3 is 1.50 bits per heavy atom. The van der Waals surface area contributed by atoms with E-state index in [1.807, 2.05) is 12.1 Å². The standard InChI is InChI=1S/C14H17NP/c1-2-16(15,13-9-5-3-6-10-13)14-11-7-4-8-12-14/h3-12H,2,15H2,1H3/q+1. The van der Waals surface area contributed by atoms with Crippen LogP contribution in [0.25, 0.3) is 0 Å². The Morgan fingerprint density at radius 2 is 1.19 bits per heavy atom. The molecule has 2 rings (SSSR count). The third kappa shape index (κ3) is 2.02. The molecule has 0 radical (unpaired) electrons. The lowest BCUT2D eigenvalue weighted by Gasteiger charge is -2.20. The normalized spacial score (nSPS) is 11.4. The molecule has 2 aromatic carbocycles. The van der Waals surface area contributed by atoms with Gasteiger partial charge in [-0.3, -0.25) is 0 Å². The first kappa shape index (κ1) is 11.3. The summed E-state index contributed by atoms with van der Waals surface area (Å²) >= 11 is 0. The average Bonchev–Trinajstić information content (AvgIpc) is 2.40. The van der Waals surface area contributed by atoms with Crippen LogP contribution in [0.3, 0.4) is 0 Å². The highest BCUT2D eigenvalue weighted by atomic mass is 31.2. The van der Waals surface area contributed by atoms with Crippen molar-refractivity contribution in [1.82, 2.24) is 0 Å². The zero-order valence-corrected chi connectivity index (χ0v) is 10.4. The van der Waals surface area contributed by atoms with Crippen molar-refractivity contribution in [3.05, 3.63) is 60.7 Å². The molecule has 16 heavy (non-hydrogen) atoms. The summed E-state index contributed by atoms with van der Waals surface area (Å²) in [7, 11) is -1.65. The van der Waals surface area contributed by atoms with E-state index in [2.05, 4.69) is 55.5 Å². The van der Waals surface area contributed by atoms with Crippen molar-refractivity contribution in [1.29, 1.82) is 0 Å². The quantitative estimate of drug-likeness (QED) is 0.806. The van der Waals surface area contributed by atoms with Crippen molar-refractivity contribution in [2.75, 3.05) is 6.16 Å². The maximum atomic E-state index is 6.65. The third-order valence-electron chi connectivity index (χ3n) is 2.93. The van der Waals surface area contributed by atoms with Crippen molar-refractivity contribution in [2.24, 2.45) is 5.50 Å². The fraction of sp³-hybridized carbons (Fsp3) is 0.143. The minimum atomic E-state index is -1.65. The van der Waals surface area contributed by atoms with Crippen molar-refractivity contribution >= 4 is 18.0 Å². The van der Waals surface area contributed by atoms with E-state index in [0.29, 0.717) is 0 Å². The van der Waals surface area contributed by atoms with Gasteiger partial charge in [0, 0.05) is 0 Å². The van der Waals surface area contributed by atoms with Crippen LogP contribution in [0.2, 0.25) is 0 Å². The van der Waals surface area contributed by atoms with Gasteiger partial charge in [-0.05, 0) is 31.2 Å². The summed E-state index contributed by atoms with van der Waals surface area (Å²) < 4.78 is 0. The lowest BCUT2D eigenvalue weighted by Crippen LogP contribution is -2.30. The molecule has 0 aliphatic carbocycles. The number of hydrogen-bond donors (Lipinski definition) is 1. The molecule has 0 spiro atoms. The smallest absolute Gasteiger partial charge is 0.142 e. The first-order valence-electron chi connectivity index (χ1n) is 5.55. The maximum absolute atomic E-state index is 6.65. The molecule has 0 aliphatic heterocycles. The van der Waals surface area contributed by atoms with E-state index < -0.39 is 7.41 Å². The summed E-state index contributed by atoms with van der Waals surface area (Å²) in [4.78, 5) is 0. The second-order valence-electron chi connectivity index (χ2n) is 3.86. The summed E-state index contributed by atoms with van der Waals surface area (Å²) in [5.41, 5.74) is 6.65. The number of benzene rings is 2. The summed E-state index contributed by atoms with van der Waals surface area (Å²) in [5.74, 6) is 0. The van der Waals surface area contributed by atoms with Crippen LogP contribution in [0, 0.1) is 0 Å². The maximum Gasteiger partial charge on any atom is 0.142 e. The highest BCUT2D eigenvalue weighted by Gasteiger charge is 2.36. The molecule has 0 saturated heterocycles. The van der Waals surface area contributed by atoms with Gasteiger partial charge in [-0.1, -0.05) is 36.4 Å². The van der Waals surface area contributed by atoms with Gasteiger partial charge in [0.15, 0.2) is 0 Å². The zero-order valence-electron chi connectivity index (χ0n) is 9.51. The molecule has 0 aromatic heterocycles. The van der Waals surface area contributed by atoms with E-state index in [-0.39, 0.29) is 0 Å². The van der Waals surface area contributed by atoms with Crippen molar-refractivity contribution in [3.8, 4) is 0 Å². The van der Waals surface area contributed by atoms with Gasteiger partial charge in [0.25, 0.3) is 0 Å². The molecule has 0 amide bonds. The van der Waals surface area contributed by atoms with E-state index in [1.54, 1.807) is 0 Å². The SMILES string of the molecule is CC[P+](N)(c1ccccc1)c1ccccc1. The Hall–Kier alpha value is -1.17. The van der Waals surface area contributed by atoms with Crippen LogP contribution in [-0.4, -0.2) is 6.16 Å². The Bertz CT molecular complexity index is 399. The number of rotatable bonds is 3. The van der Waals surface area contributed by atoms with Crippen molar-refractivity contribution in [3.63, 3.8) is 0 Å². The Kier molecular flexibility index (Phi) is 3.38. The van der Waals surface area contributed by atoms with Crippen LogP contribution in [0.15, 0.2) is 60.7 Å². The number of nitrogens with two attached hydrogens (primary N) is 1. The Balaban J connectivity index is 2.49. The highest BCUT2D eigenvalue weighted by molar-refractivity contribution is 7.87. The van der Waals surface area contributed by atoms with Gasteiger partial charge in [-0.25, -0.2) is 0 Å². The van der Waals surface area contributed by atoms with Gasteiger partial charge < -0.3 is 0 Å². The molecule has 0 aliphatic rings. The van der Waals surface area contributed by atoms with Crippen LogP contribution in [-0.2, 0) is 0 Å². The molecule has 2 heteroatoms. The summed E-state index contributed by atoms with van der Waals surface area (Å²) in [6.45, 7) is 2.17. The van der Waals surface area contributed by atoms with E-state index in [4.69, 9.17) is 5.50 Å². The molecule has 2 aromatic rings. The lowest BCUT2D eigenvalue weighted by molar-refractivity contribution is 1.46. The second-order valence-corrected chi connectivity index (χ2v) is 7.26. The van der Waals surface area contributed by atoms with Gasteiger partial charge in [-0.2, -0.15) is 5.50 Å². The molecule has 1 nitrogen and oxygen atoms in total. The Labute approximate surface area is 97.7 Å². The third-order valence-corrected chi connectivity index (χ3v) is 6.37. The monoisotopic (exact) mass is 230 g/mol. The van der Waals surface area contributed by atoms with Crippen molar-refractivity contribution in [2.45, 2.75) is 6.92 Å². The van der Waals surface area contributed by atoms with E-state index >= 15 is 0 Å². The van der Waals surface area contributed by atoms with Gasteiger partial charge in [0.05, 0.1) is 6.16 Å². The Morgan fingerprint density at radius 1 is 0.812 bits per heavy atom. The molecule has 0 heterocycles. The first-order valence-corrected chi connectivity index (χ1v) is 7.59. The molecule has 0 fully saturated rings. The van der Waals surface area contributed by atoms with Crippen LogP contribution >= 0.6 is 7.41 Å². The summed E-state index contributed by atoms with van der Waals surface area (Å²) in [6.07, 6.45) is 1.00. The van der Waals surface area contributed by atoms with Gasteiger partial charge >= 0.3 is 0 Å². The average molecular weight is 230 g/mol. The van der Waals surface area contributed by atoms with Crippen molar-refractivity contribution < 1.29 is 0 Å². The first-order chi connectivity index (χ1) is 7.77. The topological polar surface area (TPSA) is 26.0 Å². The molecule has 0 saturated carbocycles.